The largest absolute Gasteiger partial charge is 0.331 e. The Morgan fingerprint density at radius 2 is 2.13 bits per heavy atom. The first-order valence-corrected chi connectivity index (χ1v) is 8.82. The Morgan fingerprint density at radius 3 is 2.70 bits per heavy atom. The summed E-state index contributed by atoms with van der Waals surface area (Å²) < 4.78 is 1.90. The molecule has 1 saturated heterocycles. The molecule has 0 saturated carbocycles. The van der Waals surface area contributed by atoms with Crippen molar-refractivity contribution in [1.82, 2.24) is 25.0 Å². The van der Waals surface area contributed by atoms with Crippen LogP contribution in [0.1, 0.15) is 47.2 Å². The lowest BCUT2D eigenvalue weighted by atomic mass is 10.1. The second kappa shape index (κ2) is 6.70. The van der Waals surface area contributed by atoms with E-state index in [4.69, 9.17) is 0 Å². The Morgan fingerprint density at radius 1 is 1.39 bits per heavy atom. The van der Waals surface area contributed by atoms with Crippen LogP contribution in [0.25, 0.3) is 0 Å². The number of urea groups is 1. The van der Waals surface area contributed by atoms with E-state index in [2.05, 4.69) is 42.2 Å². The van der Waals surface area contributed by atoms with Gasteiger partial charge in [-0.15, -0.1) is 11.3 Å². The van der Waals surface area contributed by atoms with Crippen molar-refractivity contribution in [3.05, 3.63) is 34.0 Å². The minimum atomic E-state index is 0.0257. The molecule has 124 valence electrons. The van der Waals surface area contributed by atoms with Crippen molar-refractivity contribution in [2.24, 2.45) is 0 Å². The van der Waals surface area contributed by atoms with E-state index >= 15 is 0 Å². The van der Waals surface area contributed by atoms with Gasteiger partial charge in [0.25, 0.3) is 0 Å². The van der Waals surface area contributed by atoms with E-state index < -0.39 is 0 Å². The zero-order valence-electron chi connectivity index (χ0n) is 13.8. The second-order valence-electron chi connectivity index (χ2n) is 6.13. The molecule has 1 fully saturated rings. The van der Waals surface area contributed by atoms with Gasteiger partial charge in [0, 0.05) is 22.8 Å². The van der Waals surface area contributed by atoms with E-state index in [1.807, 2.05) is 9.58 Å². The van der Waals surface area contributed by atoms with Gasteiger partial charge in [-0.05, 0) is 45.2 Å². The molecule has 2 aromatic rings. The summed E-state index contributed by atoms with van der Waals surface area (Å²) in [5, 5.41) is 7.33. The predicted molar refractivity (Wildman–Crippen MR) is 90.6 cm³/mol. The van der Waals surface area contributed by atoms with E-state index in [0.717, 1.165) is 25.9 Å². The number of hydrogen-bond donors (Lipinski definition) is 1. The van der Waals surface area contributed by atoms with Gasteiger partial charge in [0.15, 0.2) is 0 Å². The van der Waals surface area contributed by atoms with Gasteiger partial charge in [-0.2, -0.15) is 5.10 Å². The van der Waals surface area contributed by atoms with Gasteiger partial charge >= 0.3 is 6.03 Å². The van der Waals surface area contributed by atoms with Crippen molar-refractivity contribution in [2.75, 3.05) is 13.1 Å². The number of carbonyl (C=O) groups is 1. The summed E-state index contributed by atoms with van der Waals surface area (Å²) in [4.78, 5) is 20.9. The molecule has 1 aliphatic rings. The van der Waals surface area contributed by atoms with Gasteiger partial charge in [0.1, 0.15) is 12.7 Å². The Labute approximate surface area is 140 Å². The van der Waals surface area contributed by atoms with E-state index in [1.165, 1.54) is 15.3 Å². The molecule has 1 atom stereocenters. The number of piperidine rings is 1. The monoisotopic (exact) mass is 333 g/mol. The Kier molecular flexibility index (Phi) is 4.66. The molecule has 1 N–H and O–H groups in total. The summed E-state index contributed by atoms with van der Waals surface area (Å²) in [6.45, 7) is 7.77. The number of aryl methyl sites for hydroxylation is 2. The average Bonchev–Trinajstić information content (AvgIpc) is 3.17. The van der Waals surface area contributed by atoms with Crippen molar-refractivity contribution < 1.29 is 4.79 Å². The topological polar surface area (TPSA) is 63.1 Å². The van der Waals surface area contributed by atoms with Gasteiger partial charge in [-0.25, -0.2) is 14.5 Å². The smallest absolute Gasteiger partial charge is 0.317 e. The molecule has 0 unspecified atom stereocenters. The number of amides is 2. The van der Waals surface area contributed by atoms with Crippen molar-refractivity contribution in [2.45, 2.75) is 45.7 Å². The van der Waals surface area contributed by atoms with Crippen LogP contribution in [0.5, 0.6) is 0 Å². The molecule has 6 nitrogen and oxygen atoms in total. The van der Waals surface area contributed by atoms with Gasteiger partial charge in [0.2, 0.25) is 0 Å². The van der Waals surface area contributed by atoms with Crippen molar-refractivity contribution in [3.63, 3.8) is 0 Å². The lowest BCUT2D eigenvalue weighted by molar-refractivity contribution is 0.166. The van der Waals surface area contributed by atoms with Gasteiger partial charge in [0.05, 0.1) is 12.1 Å². The summed E-state index contributed by atoms with van der Waals surface area (Å²) in [7, 11) is 0. The molecule has 0 aromatic carbocycles. The number of likely N-dealkylation sites (tertiary alicyclic amines) is 1. The van der Waals surface area contributed by atoms with Gasteiger partial charge in [-0.3, -0.25) is 0 Å². The molecule has 0 aliphatic carbocycles. The summed E-state index contributed by atoms with van der Waals surface area (Å²) in [5.41, 5.74) is 1.22. The van der Waals surface area contributed by atoms with Crippen LogP contribution in [0.15, 0.2) is 18.7 Å². The third kappa shape index (κ3) is 3.55. The molecule has 1 aliphatic heterocycles. The summed E-state index contributed by atoms with van der Waals surface area (Å²) in [5.74, 6) is 0. The summed E-state index contributed by atoms with van der Waals surface area (Å²) in [6.07, 6.45) is 5.15. The molecule has 0 bridgehead atoms. The molecular weight excluding hydrogens is 310 g/mol. The SMILES string of the molecule is Cc1cc([C@H](C)NC(=O)N2CCC(n3cncn3)CC2)c(C)s1. The number of nitrogens with zero attached hydrogens (tertiary/aromatic N) is 4. The fraction of sp³-hybridized carbons (Fsp3) is 0.562. The van der Waals surface area contributed by atoms with Crippen LogP contribution in [0.3, 0.4) is 0 Å². The van der Waals surface area contributed by atoms with Crippen LogP contribution in [-0.4, -0.2) is 38.8 Å². The third-order valence-corrected chi connectivity index (χ3v) is 5.43. The maximum absolute atomic E-state index is 12.5. The molecule has 3 rings (SSSR count). The Hall–Kier alpha value is -1.89. The number of rotatable bonds is 3. The van der Waals surface area contributed by atoms with Crippen LogP contribution < -0.4 is 5.32 Å². The predicted octanol–water partition coefficient (Wildman–Crippen LogP) is 3.06. The highest BCUT2D eigenvalue weighted by molar-refractivity contribution is 7.12. The Balaban J connectivity index is 1.54. The second-order valence-corrected chi connectivity index (χ2v) is 7.59. The molecule has 3 heterocycles. The highest BCUT2D eigenvalue weighted by Gasteiger charge is 2.25. The molecule has 23 heavy (non-hydrogen) atoms. The minimum Gasteiger partial charge on any atom is -0.331 e. The number of nitrogens with one attached hydrogen (secondary N) is 1. The maximum Gasteiger partial charge on any atom is 0.317 e. The average molecular weight is 333 g/mol. The summed E-state index contributed by atoms with van der Waals surface area (Å²) in [6, 6.07) is 2.58. The van der Waals surface area contributed by atoms with Crippen LogP contribution in [0.4, 0.5) is 4.79 Å². The molecule has 7 heteroatoms. The number of aromatic nitrogens is 3. The van der Waals surface area contributed by atoms with Crippen LogP contribution in [0, 0.1) is 13.8 Å². The standard InChI is InChI=1S/C16H23N5OS/c1-11-8-15(13(3)23-11)12(2)19-16(22)20-6-4-14(5-7-20)21-10-17-9-18-21/h8-10,12,14H,4-7H2,1-3H3,(H,19,22)/t12-/m0/s1. The lowest BCUT2D eigenvalue weighted by Gasteiger charge is -2.32. The first-order chi connectivity index (χ1) is 11.0. The third-order valence-electron chi connectivity index (χ3n) is 4.45. The van der Waals surface area contributed by atoms with Crippen molar-refractivity contribution in [3.8, 4) is 0 Å². The van der Waals surface area contributed by atoms with Crippen LogP contribution >= 0.6 is 11.3 Å². The first-order valence-electron chi connectivity index (χ1n) is 8.01. The fourth-order valence-electron chi connectivity index (χ4n) is 3.17. The molecule has 0 radical (unpaired) electrons. The van der Waals surface area contributed by atoms with Crippen LogP contribution in [-0.2, 0) is 0 Å². The van der Waals surface area contributed by atoms with E-state index in [-0.39, 0.29) is 12.1 Å². The molecule has 2 aromatic heterocycles. The van der Waals surface area contributed by atoms with E-state index in [0.29, 0.717) is 6.04 Å². The number of carbonyl (C=O) groups excluding carboxylic acids is 1. The molecular formula is C16H23N5OS. The summed E-state index contributed by atoms with van der Waals surface area (Å²) >= 11 is 1.78. The van der Waals surface area contributed by atoms with Crippen LogP contribution in [0.2, 0.25) is 0 Å². The van der Waals surface area contributed by atoms with E-state index in [1.54, 1.807) is 24.0 Å². The van der Waals surface area contributed by atoms with Gasteiger partial charge < -0.3 is 10.2 Å². The fourth-order valence-corrected chi connectivity index (χ4v) is 4.20. The quantitative estimate of drug-likeness (QED) is 0.939. The van der Waals surface area contributed by atoms with E-state index in [9.17, 15) is 4.79 Å². The zero-order chi connectivity index (χ0) is 16.4. The Bertz CT molecular complexity index is 658. The maximum atomic E-state index is 12.5. The normalized spacial score (nSPS) is 17.3. The molecule has 2 amide bonds. The number of hydrogen-bond acceptors (Lipinski definition) is 4. The van der Waals surface area contributed by atoms with Crippen molar-refractivity contribution >= 4 is 17.4 Å². The lowest BCUT2D eigenvalue weighted by Crippen LogP contribution is -2.45. The highest BCUT2D eigenvalue weighted by atomic mass is 32.1. The van der Waals surface area contributed by atoms with Crippen molar-refractivity contribution in [1.29, 1.82) is 0 Å². The highest BCUT2D eigenvalue weighted by Crippen LogP contribution is 2.27. The molecule has 0 spiro atoms. The first kappa shape index (κ1) is 16.0. The minimum absolute atomic E-state index is 0.0257. The van der Waals surface area contributed by atoms with Gasteiger partial charge in [-0.1, -0.05) is 0 Å². The number of thiophene rings is 1. The zero-order valence-corrected chi connectivity index (χ0v) is 14.6.